The van der Waals surface area contributed by atoms with Gasteiger partial charge in [-0.25, -0.2) is 0 Å². The summed E-state index contributed by atoms with van der Waals surface area (Å²) in [5.74, 6) is 0.886. The Bertz CT molecular complexity index is 771. The summed E-state index contributed by atoms with van der Waals surface area (Å²) >= 11 is 0. The minimum atomic E-state index is 0.0872. The first-order valence-electron chi connectivity index (χ1n) is 10.6. The Labute approximate surface area is 174 Å². The number of ether oxygens (including phenoxy) is 2. The summed E-state index contributed by atoms with van der Waals surface area (Å²) in [6, 6.07) is 16.2. The molecule has 0 aliphatic carbocycles. The molecule has 5 heteroatoms. The van der Waals surface area contributed by atoms with E-state index >= 15 is 0 Å². The lowest BCUT2D eigenvalue weighted by Crippen LogP contribution is -2.48. The summed E-state index contributed by atoms with van der Waals surface area (Å²) in [6.45, 7) is 10.0. The van der Waals surface area contributed by atoms with Crippen LogP contribution >= 0.6 is 0 Å². The van der Waals surface area contributed by atoms with Gasteiger partial charge in [0.25, 0.3) is 5.91 Å². The molecule has 0 saturated carbocycles. The molecule has 0 radical (unpaired) electrons. The third kappa shape index (κ3) is 6.05. The summed E-state index contributed by atoms with van der Waals surface area (Å²) in [4.78, 5) is 17.4. The van der Waals surface area contributed by atoms with Crippen LogP contribution in [0.5, 0.6) is 5.75 Å². The highest BCUT2D eigenvalue weighted by molar-refractivity contribution is 5.94. The largest absolute Gasteiger partial charge is 0.494 e. The molecule has 1 fully saturated rings. The second-order valence-corrected chi connectivity index (χ2v) is 7.36. The van der Waals surface area contributed by atoms with Crippen molar-refractivity contribution in [2.24, 2.45) is 0 Å². The fourth-order valence-electron chi connectivity index (χ4n) is 3.58. The van der Waals surface area contributed by atoms with E-state index in [2.05, 4.69) is 36.1 Å². The second-order valence-electron chi connectivity index (χ2n) is 7.36. The van der Waals surface area contributed by atoms with Crippen molar-refractivity contribution in [2.75, 3.05) is 39.4 Å². The molecule has 0 bridgehead atoms. The average Bonchev–Trinajstić information content (AvgIpc) is 2.76. The highest BCUT2D eigenvalue weighted by Crippen LogP contribution is 2.23. The Morgan fingerprint density at radius 1 is 1.00 bits per heavy atom. The van der Waals surface area contributed by atoms with E-state index in [1.165, 1.54) is 5.56 Å². The standard InChI is InChI=1S/C24H32N2O3/c1-3-16-28-19-22-17-21(10-11-23(22)29-4-2)24(27)26-14-12-25(13-15-26)18-20-8-6-5-7-9-20/h5-11,17H,3-4,12-16,18-19H2,1-2H3. The number of carbonyl (C=O) groups excluding carboxylic acids is 1. The molecule has 29 heavy (non-hydrogen) atoms. The van der Waals surface area contributed by atoms with Crippen LogP contribution in [-0.2, 0) is 17.9 Å². The van der Waals surface area contributed by atoms with Gasteiger partial charge in [-0.15, -0.1) is 0 Å². The lowest BCUT2D eigenvalue weighted by Gasteiger charge is -2.35. The van der Waals surface area contributed by atoms with Crippen LogP contribution in [-0.4, -0.2) is 55.1 Å². The summed E-state index contributed by atoms with van der Waals surface area (Å²) < 4.78 is 11.4. The minimum Gasteiger partial charge on any atom is -0.494 e. The molecule has 0 aromatic heterocycles. The summed E-state index contributed by atoms with van der Waals surface area (Å²) in [6.07, 6.45) is 0.968. The van der Waals surface area contributed by atoms with E-state index in [0.717, 1.165) is 50.5 Å². The van der Waals surface area contributed by atoms with Crippen molar-refractivity contribution in [2.45, 2.75) is 33.4 Å². The Morgan fingerprint density at radius 3 is 2.45 bits per heavy atom. The zero-order chi connectivity index (χ0) is 20.5. The van der Waals surface area contributed by atoms with E-state index in [-0.39, 0.29) is 5.91 Å². The molecule has 0 spiro atoms. The molecule has 156 valence electrons. The van der Waals surface area contributed by atoms with E-state index in [0.29, 0.717) is 25.4 Å². The van der Waals surface area contributed by atoms with Crippen LogP contribution in [0.15, 0.2) is 48.5 Å². The van der Waals surface area contributed by atoms with Crippen molar-refractivity contribution in [3.63, 3.8) is 0 Å². The quantitative estimate of drug-likeness (QED) is 0.602. The fourth-order valence-corrected chi connectivity index (χ4v) is 3.58. The van der Waals surface area contributed by atoms with Gasteiger partial charge in [-0.3, -0.25) is 9.69 Å². The second kappa shape index (κ2) is 11.0. The first-order valence-corrected chi connectivity index (χ1v) is 10.6. The predicted molar refractivity (Wildman–Crippen MR) is 115 cm³/mol. The Morgan fingerprint density at radius 2 is 1.76 bits per heavy atom. The van der Waals surface area contributed by atoms with Gasteiger partial charge in [-0.2, -0.15) is 0 Å². The monoisotopic (exact) mass is 396 g/mol. The molecule has 2 aromatic rings. The molecular formula is C24H32N2O3. The Kier molecular flexibility index (Phi) is 8.08. The molecule has 3 rings (SSSR count). The lowest BCUT2D eigenvalue weighted by molar-refractivity contribution is 0.0628. The smallest absolute Gasteiger partial charge is 0.253 e. The molecule has 1 aliphatic heterocycles. The molecular weight excluding hydrogens is 364 g/mol. The maximum absolute atomic E-state index is 13.0. The number of rotatable bonds is 9. The van der Waals surface area contributed by atoms with Crippen molar-refractivity contribution in [3.8, 4) is 5.75 Å². The summed E-state index contributed by atoms with van der Waals surface area (Å²) in [5.41, 5.74) is 2.96. The van der Waals surface area contributed by atoms with Crippen molar-refractivity contribution in [1.82, 2.24) is 9.80 Å². The first-order chi connectivity index (χ1) is 14.2. The normalized spacial score (nSPS) is 14.8. The number of amides is 1. The highest BCUT2D eigenvalue weighted by atomic mass is 16.5. The van der Waals surface area contributed by atoms with Crippen molar-refractivity contribution >= 4 is 5.91 Å². The molecule has 0 atom stereocenters. The molecule has 1 heterocycles. The molecule has 5 nitrogen and oxygen atoms in total. The molecule has 1 amide bonds. The predicted octanol–water partition coefficient (Wildman–Crippen LogP) is 3.97. The number of piperazine rings is 1. The third-order valence-electron chi connectivity index (χ3n) is 5.12. The number of nitrogens with zero attached hydrogens (tertiary/aromatic N) is 2. The van der Waals surface area contributed by atoms with E-state index < -0.39 is 0 Å². The van der Waals surface area contributed by atoms with Gasteiger partial charge in [0.2, 0.25) is 0 Å². The molecule has 1 aliphatic rings. The van der Waals surface area contributed by atoms with E-state index in [1.54, 1.807) is 0 Å². The highest BCUT2D eigenvalue weighted by Gasteiger charge is 2.23. The van der Waals surface area contributed by atoms with Crippen LogP contribution in [0, 0.1) is 0 Å². The van der Waals surface area contributed by atoms with Crippen LogP contribution in [0.2, 0.25) is 0 Å². The average molecular weight is 397 g/mol. The SMILES string of the molecule is CCCOCc1cc(C(=O)N2CCN(Cc3ccccc3)CC2)ccc1OCC. The fraction of sp³-hybridized carbons (Fsp3) is 0.458. The van der Waals surface area contributed by atoms with Crippen molar-refractivity contribution in [3.05, 3.63) is 65.2 Å². The van der Waals surface area contributed by atoms with E-state index in [4.69, 9.17) is 9.47 Å². The summed E-state index contributed by atoms with van der Waals surface area (Å²) in [5, 5.41) is 0. The Balaban J connectivity index is 1.60. The van der Waals surface area contributed by atoms with Crippen LogP contribution in [0.1, 0.15) is 41.8 Å². The van der Waals surface area contributed by atoms with Gasteiger partial charge in [-0.1, -0.05) is 37.3 Å². The number of hydrogen-bond acceptors (Lipinski definition) is 4. The van der Waals surface area contributed by atoms with Gasteiger partial charge in [0, 0.05) is 50.5 Å². The first kappa shape index (κ1) is 21.3. The number of carbonyl (C=O) groups is 1. The molecule has 0 unspecified atom stereocenters. The van der Waals surface area contributed by atoms with Crippen LogP contribution < -0.4 is 4.74 Å². The molecule has 0 N–H and O–H groups in total. The van der Waals surface area contributed by atoms with E-state index in [9.17, 15) is 4.79 Å². The van der Waals surface area contributed by atoms with Crippen molar-refractivity contribution < 1.29 is 14.3 Å². The zero-order valence-electron chi connectivity index (χ0n) is 17.6. The lowest BCUT2D eigenvalue weighted by atomic mass is 10.1. The maximum Gasteiger partial charge on any atom is 0.253 e. The van der Waals surface area contributed by atoms with Gasteiger partial charge in [0.15, 0.2) is 0 Å². The zero-order valence-corrected chi connectivity index (χ0v) is 17.6. The molecule has 1 saturated heterocycles. The Hall–Kier alpha value is -2.37. The molecule has 2 aromatic carbocycles. The van der Waals surface area contributed by atoms with Crippen LogP contribution in [0.3, 0.4) is 0 Å². The van der Waals surface area contributed by atoms with Gasteiger partial charge >= 0.3 is 0 Å². The van der Waals surface area contributed by atoms with Gasteiger partial charge < -0.3 is 14.4 Å². The third-order valence-corrected chi connectivity index (χ3v) is 5.12. The minimum absolute atomic E-state index is 0.0872. The van der Waals surface area contributed by atoms with Crippen LogP contribution in [0.4, 0.5) is 0 Å². The summed E-state index contributed by atoms with van der Waals surface area (Å²) in [7, 11) is 0. The maximum atomic E-state index is 13.0. The van der Waals surface area contributed by atoms with Crippen molar-refractivity contribution in [1.29, 1.82) is 0 Å². The van der Waals surface area contributed by atoms with Gasteiger partial charge in [0.05, 0.1) is 13.2 Å². The topological polar surface area (TPSA) is 42.0 Å². The van der Waals surface area contributed by atoms with Crippen LogP contribution in [0.25, 0.3) is 0 Å². The number of hydrogen-bond donors (Lipinski definition) is 0. The van der Waals surface area contributed by atoms with E-state index in [1.807, 2.05) is 36.1 Å². The number of benzene rings is 2. The van der Waals surface area contributed by atoms with Gasteiger partial charge in [0.1, 0.15) is 5.75 Å². The van der Waals surface area contributed by atoms with Gasteiger partial charge in [-0.05, 0) is 37.1 Å².